The first-order valence-corrected chi connectivity index (χ1v) is 15.0. The number of nitrogens with zero attached hydrogens (tertiary/aromatic N) is 3. The number of rotatable bonds is 10. The molecule has 202 valence electrons. The summed E-state index contributed by atoms with van der Waals surface area (Å²) in [6.07, 6.45) is -0.587. The fourth-order valence-corrected chi connectivity index (χ4v) is 6.23. The van der Waals surface area contributed by atoms with E-state index < -0.39 is 16.1 Å². The summed E-state index contributed by atoms with van der Waals surface area (Å²) < 4.78 is 35.0. The molecule has 2 aromatic carbocycles. The van der Waals surface area contributed by atoms with Crippen LogP contribution >= 0.6 is 11.3 Å². The number of aliphatic hydroxyl groups excluding tert-OH is 1. The van der Waals surface area contributed by atoms with Crippen LogP contribution in [0.3, 0.4) is 0 Å². The Hall–Kier alpha value is -2.08. The number of piperazine rings is 1. The van der Waals surface area contributed by atoms with Crippen LogP contribution in [0.25, 0.3) is 10.2 Å². The summed E-state index contributed by atoms with van der Waals surface area (Å²) in [5.41, 5.74) is 2.01. The van der Waals surface area contributed by atoms with E-state index >= 15 is 0 Å². The van der Waals surface area contributed by atoms with Crippen molar-refractivity contribution in [2.45, 2.75) is 44.1 Å². The average molecular weight is 547 g/mol. The highest BCUT2D eigenvalue weighted by Crippen LogP contribution is 2.26. The lowest BCUT2D eigenvalue weighted by Gasteiger charge is -2.35. The molecule has 0 saturated carbocycles. The van der Waals surface area contributed by atoms with Gasteiger partial charge in [-0.25, -0.2) is 18.1 Å². The van der Waals surface area contributed by atoms with Crippen LogP contribution in [0.1, 0.15) is 31.3 Å². The number of hydrogen-bond acceptors (Lipinski definition) is 8. The van der Waals surface area contributed by atoms with Gasteiger partial charge >= 0.3 is 0 Å². The monoisotopic (exact) mass is 546 g/mol. The molecule has 0 spiro atoms. The quantitative estimate of drug-likeness (QED) is 0.403. The van der Waals surface area contributed by atoms with E-state index in [2.05, 4.69) is 40.3 Å². The molecule has 0 aliphatic carbocycles. The SMILES string of the molecule is Cc1nc2cc(OC[C@H](O)CN3CCN(CCNS(=O)(=O)c4ccc(C(C)(C)C)cc4)CC3)ccc2s1. The molecule has 1 fully saturated rings. The van der Waals surface area contributed by atoms with Crippen LogP contribution in [0.2, 0.25) is 0 Å². The van der Waals surface area contributed by atoms with Crippen molar-refractivity contribution in [2.75, 3.05) is 52.4 Å². The third-order valence-corrected chi connectivity index (χ3v) is 9.02. The van der Waals surface area contributed by atoms with Crippen molar-refractivity contribution < 1.29 is 18.3 Å². The van der Waals surface area contributed by atoms with Crippen LogP contribution in [-0.4, -0.2) is 86.8 Å². The third-order valence-electron chi connectivity index (χ3n) is 6.59. The van der Waals surface area contributed by atoms with Crippen molar-refractivity contribution in [1.29, 1.82) is 0 Å². The van der Waals surface area contributed by atoms with Gasteiger partial charge in [0, 0.05) is 51.9 Å². The van der Waals surface area contributed by atoms with Gasteiger partial charge in [-0.05, 0) is 42.2 Å². The van der Waals surface area contributed by atoms with Crippen molar-refractivity contribution in [3.05, 3.63) is 53.0 Å². The van der Waals surface area contributed by atoms with Crippen LogP contribution < -0.4 is 9.46 Å². The number of aryl methyl sites for hydroxylation is 1. The molecule has 1 saturated heterocycles. The number of ether oxygens (including phenoxy) is 1. The maximum Gasteiger partial charge on any atom is 0.240 e. The molecule has 0 radical (unpaired) electrons. The minimum Gasteiger partial charge on any atom is -0.491 e. The molecule has 1 aliphatic heterocycles. The van der Waals surface area contributed by atoms with E-state index in [0.717, 1.165) is 47.0 Å². The summed E-state index contributed by atoms with van der Waals surface area (Å²) in [5, 5.41) is 11.5. The summed E-state index contributed by atoms with van der Waals surface area (Å²) in [6, 6.07) is 13.0. The molecular formula is C27H38N4O4S2. The van der Waals surface area contributed by atoms with Crippen molar-refractivity contribution in [3.63, 3.8) is 0 Å². The first-order valence-electron chi connectivity index (χ1n) is 12.7. The van der Waals surface area contributed by atoms with Gasteiger partial charge in [-0.2, -0.15) is 0 Å². The lowest BCUT2D eigenvalue weighted by molar-refractivity contribution is 0.0465. The minimum atomic E-state index is -3.53. The predicted molar refractivity (Wildman–Crippen MR) is 149 cm³/mol. The molecular weight excluding hydrogens is 508 g/mol. The van der Waals surface area contributed by atoms with Crippen LogP contribution in [0.4, 0.5) is 0 Å². The molecule has 0 amide bonds. The first-order chi connectivity index (χ1) is 17.5. The van der Waals surface area contributed by atoms with Crippen LogP contribution in [0.5, 0.6) is 5.75 Å². The van der Waals surface area contributed by atoms with E-state index in [4.69, 9.17) is 4.74 Å². The highest BCUT2D eigenvalue weighted by molar-refractivity contribution is 7.89. The van der Waals surface area contributed by atoms with Gasteiger partial charge in [-0.3, -0.25) is 9.80 Å². The second kappa shape index (κ2) is 11.8. The molecule has 2 heterocycles. The molecule has 2 N–H and O–H groups in total. The van der Waals surface area contributed by atoms with Crippen LogP contribution in [0.15, 0.2) is 47.4 Å². The highest BCUT2D eigenvalue weighted by atomic mass is 32.2. The fraction of sp³-hybridized carbons (Fsp3) is 0.519. The molecule has 3 aromatic rings. The molecule has 1 atom stereocenters. The second-order valence-electron chi connectivity index (χ2n) is 10.6. The molecule has 0 unspecified atom stereocenters. The minimum absolute atomic E-state index is 0.0169. The highest BCUT2D eigenvalue weighted by Gasteiger charge is 2.21. The van der Waals surface area contributed by atoms with E-state index in [1.807, 2.05) is 37.3 Å². The third kappa shape index (κ3) is 7.72. The smallest absolute Gasteiger partial charge is 0.240 e. The Morgan fingerprint density at radius 1 is 1.08 bits per heavy atom. The van der Waals surface area contributed by atoms with E-state index in [9.17, 15) is 13.5 Å². The number of benzene rings is 2. The van der Waals surface area contributed by atoms with Crippen molar-refractivity contribution in [1.82, 2.24) is 19.5 Å². The largest absolute Gasteiger partial charge is 0.491 e. The number of sulfonamides is 1. The Morgan fingerprint density at radius 2 is 1.76 bits per heavy atom. The molecule has 4 rings (SSSR count). The number of β-amino-alcohol motifs (C(OH)–C–C–N with tert-alkyl or cyclic N) is 1. The predicted octanol–water partition coefficient (Wildman–Crippen LogP) is 3.24. The lowest BCUT2D eigenvalue weighted by atomic mass is 9.87. The Balaban J connectivity index is 1.15. The topological polar surface area (TPSA) is 95.0 Å². The number of nitrogens with one attached hydrogen (secondary N) is 1. The van der Waals surface area contributed by atoms with E-state index in [1.54, 1.807) is 23.5 Å². The summed E-state index contributed by atoms with van der Waals surface area (Å²) in [5.74, 6) is 0.717. The van der Waals surface area contributed by atoms with Gasteiger partial charge in [-0.1, -0.05) is 32.9 Å². The van der Waals surface area contributed by atoms with Crippen molar-refractivity contribution in [3.8, 4) is 5.75 Å². The van der Waals surface area contributed by atoms with E-state index in [0.29, 0.717) is 30.3 Å². The Morgan fingerprint density at radius 3 is 2.43 bits per heavy atom. The number of aliphatic hydroxyl groups is 1. The zero-order valence-electron chi connectivity index (χ0n) is 22.1. The van der Waals surface area contributed by atoms with Gasteiger partial charge in [0.2, 0.25) is 10.0 Å². The fourth-order valence-electron chi connectivity index (χ4n) is 4.41. The van der Waals surface area contributed by atoms with Crippen LogP contribution in [0, 0.1) is 6.92 Å². The van der Waals surface area contributed by atoms with Gasteiger partial charge < -0.3 is 9.84 Å². The van der Waals surface area contributed by atoms with Gasteiger partial charge in [-0.15, -0.1) is 11.3 Å². The molecule has 0 bridgehead atoms. The zero-order valence-corrected chi connectivity index (χ0v) is 23.7. The van der Waals surface area contributed by atoms with Crippen LogP contribution in [-0.2, 0) is 15.4 Å². The number of hydrogen-bond donors (Lipinski definition) is 2. The molecule has 10 heteroatoms. The molecule has 37 heavy (non-hydrogen) atoms. The average Bonchev–Trinajstić information content (AvgIpc) is 3.22. The molecule has 1 aromatic heterocycles. The van der Waals surface area contributed by atoms with Crippen molar-refractivity contribution >= 4 is 31.6 Å². The van der Waals surface area contributed by atoms with E-state index in [-0.39, 0.29) is 12.0 Å². The number of fused-ring (bicyclic) bond motifs is 1. The Bertz CT molecular complexity index is 1280. The molecule has 1 aliphatic rings. The molecule has 8 nitrogen and oxygen atoms in total. The van der Waals surface area contributed by atoms with Crippen molar-refractivity contribution in [2.24, 2.45) is 0 Å². The summed E-state index contributed by atoms with van der Waals surface area (Å²) in [4.78, 5) is 9.25. The second-order valence-corrected chi connectivity index (χ2v) is 13.6. The zero-order chi connectivity index (χ0) is 26.6. The standard InChI is InChI=1S/C27H38N4O4S2/c1-20-29-25-17-23(7-10-26(25)36-20)35-19-22(32)18-31-15-13-30(14-16-31)12-11-28-37(33,34)24-8-5-21(6-9-24)27(2,3)4/h5-10,17,22,28,32H,11-16,18-19H2,1-4H3/t22-/m1/s1. The van der Waals surface area contributed by atoms with Gasteiger partial charge in [0.25, 0.3) is 0 Å². The lowest BCUT2D eigenvalue weighted by Crippen LogP contribution is -2.50. The van der Waals surface area contributed by atoms with Gasteiger partial charge in [0.1, 0.15) is 18.5 Å². The maximum absolute atomic E-state index is 12.7. The number of aromatic nitrogens is 1. The first kappa shape index (κ1) is 27.9. The Kier molecular flexibility index (Phi) is 8.88. The number of thiazole rings is 1. The van der Waals surface area contributed by atoms with Gasteiger partial charge in [0.05, 0.1) is 20.1 Å². The van der Waals surface area contributed by atoms with E-state index in [1.165, 1.54) is 0 Å². The normalized spacial score (nSPS) is 16.8. The summed E-state index contributed by atoms with van der Waals surface area (Å²) >= 11 is 1.65. The Labute approximate surface area is 224 Å². The summed E-state index contributed by atoms with van der Waals surface area (Å²) in [7, 11) is -3.53. The summed E-state index contributed by atoms with van der Waals surface area (Å²) in [6.45, 7) is 13.4. The van der Waals surface area contributed by atoms with Gasteiger partial charge in [0.15, 0.2) is 0 Å². The maximum atomic E-state index is 12.7.